The van der Waals surface area contributed by atoms with Gasteiger partial charge in [0.25, 0.3) is 0 Å². The van der Waals surface area contributed by atoms with Crippen molar-refractivity contribution in [3.63, 3.8) is 0 Å². The van der Waals surface area contributed by atoms with Crippen LogP contribution in [-0.4, -0.2) is 44.1 Å². The Labute approximate surface area is 202 Å². The van der Waals surface area contributed by atoms with Gasteiger partial charge in [-0.1, -0.05) is 48.5 Å². The van der Waals surface area contributed by atoms with Crippen LogP contribution in [0.3, 0.4) is 0 Å². The van der Waals surface area contributed by atoms with E-state index in [4.69, 9.17) is 20.8 Å². The molecule has 1 aromatic heterocycles. The number of fused-ring (bicyclic) bond motifs is 2. The molecule has 8 heteroatoms. The van der Waals surface area contributed by atoms with E-state index in [0.29, 0.717) is 12.4 Å². The van der Waals surface area contributed by atoms with E-state index in [0.717, 1.165) is 44.8 Å². The first kappa shape index (κ1) is 21.0. The van der Waals surface area contributed by atoms with Gasteiger partial charge in [0.05, 0.1) is 34.7 Å². The smallest absolute Gasteiger partial charge is 0.154 e. The van der Waals surface area contributed by atoms with Crippen LogP contribution in [0.15, 0.2) is 87.9 Å². The first-order valence-corrected chi connectivity index (χ1v) is 11.4. The SMILES string of the molecule is Cc1ccccc1-c1nc2ccccc2nc1CN1N=C(c2cccc(O)c2)C2C(N)=NC=NC21. The molecule has 0 saturated carbocycles. The molecule has 8 nitrogen and oxygen atoms in total. The number of rotatable bonds is 4. The van der Waals surface area contributed by atoms with E-state index in [-0.39, 0.29) is 17.8 Å². The number of hydrazone groups is 1. The molecule has 3 heterocycles. The zero-order valence-electron chi connectivity index (χ0n) is 19.1. The van der Waals surface area contributed by atoms with Gasteiger partial charge in [-0.2, -0.15) is 5.10 Å². The summed E-state index contributed by atoms with van der Waals surface area (Å²) >= 11 is 0. The highest BCUT2D eigenvalue weighted by Gasteiger charge is 2.42. The van der Waals surface area contributed by atoms with Crippen molar-refractivity contribution in [3.8, 4) is 17.0 Å². The van der Waals surface area contributed by atoms with Crippen LogP contribution in [-0.2, 0) is 6.54 Å². The van der Waals surface area contributed by atoms with Crippen LogP contribution in [0.4, 0.5) is 0 Å². The summed E-state index contributed by atoms with van der Waals surface area (Å²) in [6, 6.07) is 23.0. The van der Waals surface area contributed by atoms with Crippen LogP contribution >= 0.6 is 0 Å². The Hall–Kier alpha value is -4.59. The number of aryl methyl sites for hydroxylation is 1. The fourth-order valence-electron chi connectivity index (χ4n) is 4.66. The summed E-state index contributed by atoms with van der Waals surface area (Å²) in [5, 5.41) is 16.9. The molecule has 6 rings (SSSR count). The maximum Gasteiger partial charge on any atom is 0.154 e. The molecule has 2 aliphatic heterocycles. The number of nitrogens with two attached hydrogens (primary N) is 1. The van der Waals surface area contributed by atoms with Gasteiger partial charge in [0.1, 0.15) is 23.8 Å². The number of phenols is 1. The molecular formula is C27H23N7O. The molecule has 2 aliphatic rings. The Bertz CT molecular complexity index is 1540. The van der Waals surface area contributed by atoms with E-state index in [9.17, 15) is 5.11 Å². The van der Waals surface area contributed by atoms with Crippen molar-refractivity contribution in [1.29, 1.82) is 0 Å². The van der Waals surface area contributed by atoms with Crippen molar-refractivity contribution in [1.82, 2.24) is 15.0 Å². The zero-order chi connectivity index (χ0) is 23.9. The van der Waals surface area contributed by atoms with Crippen LogP contribution in [0.25, 0.3) is 22.3 Å². The lowest BCUT2D eigenvalue weighted by Crippen LogP contribution is -2.42. The summed E-state index contributed by atoms with van der Waals surface area (Å²) in [5.74, 6) is 0.285. The number of nitrogens with zero attached hydrogens (tertiary/aromatic N) is 6. The van der Waals surface area contributed by atoms with E-state index in [2.05, 4.69) is 29.0 Å². The Morgan fingerprint density at radius 1 is 0.943 bits per heavy atom. The summed E-state index contributed by atoms with van der Waals surface area (Å²) in [7, 11) is 0. The van der Waals surface area contributed by atoms with Crippen molar-refractivity contribution in [2.45, 2.75) is 19.6 Å². The third-order valence-corrected chi connectivity index (χ3v) is 6.38. The minimum atomic E-state index is -0.358. The van der Waals surface area contributed by atoms with Gasteiger partial charge in [0.15, 0.2) is 6.17 Å². The highest BCUT2D eigenvalue weighted by molar-refractivity contribution is 6.17. The van der Waals surface area contributed by atoms with E-state index < -0.39 is 0 Å². The first-order valence-electron chi connectivity index (χ1n) is 11.4. The van der Waals surface area contributed by atoms with Crippen molar-refractivity contribution in [3.05, 3.63) is 89.6 Å². The van der Waals surface area contributed by atoms with Crippen molar-refractivity contribution in [2.24, 2.45) is 26.7 Å². The first-order chi connectivity index (χ1) is 17.1. The summed E-state index contributed by atoms with van der Waals surface area (Å²) in [4.78, 5) is 18.8. The topological polar surface area (TPSA) is 112 Å². The normalized spacial score (nSPS) is 18.9. The summed E-state index contributed by atoms with van der Waals surface area (Å²) in [6.45, 7) is 2.46. The quantitative estimate of drug-likeness (QED) is 0.479. The number of para-hydroxylation sites is 2. The highest BCUT2D eigenvalue weighted by atomic mass is 16.3. The number of aliphatic imine (C=N–C) groups is 2. The molecule has 0 fully saturated rings. The van der Waals surface area contributed by atoms with Crippen LogP contribution in [0, 0.1) is 12.8 Å². The zero-order valence-corrected chi connectivity index (χ0v) is 19.1. The van der Waals surface area contributed by atoms with Crippen LogP contribution in [0.2, 0.25) is 0 Å². The molecule has 0 radical (unpaired) electrons. The van der Waals surface area contributed by atoms with E-state index >= 15 is 0 Å². The molecule has 35 heavy (non-hydrogen) atoms. The molecule has 0 saturated heterocycles. The monoisotopic (exact) mass is 461 g/mol. The number of hydrogen-bond donors (Lipinski definition) is 2. The van der Waals surface area contributed by atoms with Gasteiger partial charge >= 0.3 is 0 Å². The summed E-state index contributed by atoms with van der Waals surface area (Å²) < 4.78 is 0. The molecule has 3 N–H and O–H groups in total. The molecule has 4 aromatic rings. The molecule has 0 amide bonds. The van der Waals surface area contributed by atoms with Gasteiger partial charge in [-0.05, 0) is 36.8 Å². The van der Waals surface area contributed by atoms with Gasteiger partial charge in [-0.25, -0.2) is 20.0 Å². The van der Waals surface area contributed by atoms with Crippen LogP contribution < -0.4 is 5.73 Å². The number of phenolic OH excluding ortho intramolecular Hbond substituents is 1. The molecule has 2 atom stereocenters. The minimum absolute atomic E-state index is 0.164. The van der Waals surface area contributed by atoms with E-state index in [1.165, 1.54) is 6.34 Å². The van der Waals surface area contributed by atoms with Gasteiger partial charge in [0.2, 0.25) is 0 Å². The summed E-state index contributed by atoms with van der Waals surface area (Å²) in [6.07, 6.45) is 1.13. The second kappa shape index (κ2) is 8.32. The van der Waals surface area contributed by atoms with E-state index in [1.807, 2.05) is 47.5 Å². The largest absolute Gasteiger partial charge is 0.508 e. The van der Waals surface area contributed by atoms with Gasteiger partial charge < -0.3 is 10.8 Å². The maximum absolute atomic E-state index is 10.0. The average molecular weight is 462 g/mol. The second-order valence-corrected chi connectivity index (χ2v) is 8.67. The Balaban J connectivity index is 1.48. The standard InChI is InChI=1S/C27H23N7O/c1-16-7-2-3-10-19(16)25-22(31-20-11-4-5-12-21(20)32-25)14-34-27-23(26(28)29-15-30-27)24(33-34)17-8-6-9-18(35)13-17/h2-13,15,23,27,35H,14H2,1H3,(H2,28,29,30). The second-order valence-electron chi connectivity index (χ2n) is 8.67. The molecule has 172 valence electrons. The van der Waals surface area contributed by atoms with Crippen molar-refractivity contribution >= 4 is 28.9 Å². The lowest BCUT2D eigenvalue weighted by Gasteiger charge is -2.26. The molecule has 0 aliphatic carbocycles. The molecule has 0 bridgehead atoms. The number of benzene rings is 3. The maximum atomic E-state index is 10.0. The van der Waals surface area contributed by atoms with Crippen LogP contribution in [0.1, 0.15) is 16.8 Å². The van der Waals surface area contributed by atoms with E-state index in [1.54, 1.807) is 18.2 Å². The number of hydrogen-bond acceptors (Lipinski definition) is 8. The fraction of sp³-hybridized carbons (Fsp3) is 0.148. The molecular weight excluding hydrogens is 438 g/mol. The third-order valence-electron chi connectivity index (χ3n) is 6.38. The van der Waals surface area contributed by atoms with Crippen LogP contribution in [0.5, 0.6) is 5.75 Å². The molecule has 2 unspecified atom stereocenters. The third kappa shape index (κ3) is 3.69. The Morgan fingerprint density at radius 3 is 2.51 bits per heavy atom. The Morgan fingerprint density at radius 2 is 1.71 bits per heavy atom. The molecule has 3 aromatic carbocycles. The van der Waals surface area contributed by atoms with Crippen molar-refractivity contribution < 1.29 is 5.11 Å². The average Bonchev–Trinajstić information content (AvgIpc) is 3.24. The fourth-order valence-corrected chi connectivity index (χ4v) is 4.66. The lowest BCUT2D eigenvalue weighted by atomic mass is 9.93. The Kier molecular flexibility index (Phi) is 4.99. The van der Waals surface area contributed by atoms with Gasteiger partial charge in [-0.3, -0.25) is 5.01 Å². The highest BCUT2D eigenvalue weighted by Crippen LogP contribution is 2.33. The number of aromatic nitrogens is 2. The van der Waals surface area contributed by atoms with Crippen molar-refractivity contribution in [2.75, 3.05) is 0 Å². The molecule has 0 spiro atoms. The lowest BCUT2D eigenvalue weighted by molar-refractivity contribution is 0.212. The number of aromatic hydroxyl groups is 1. The minimum Gasteiger partial charge on any atom is -0.508 e. The predicted octanol–water partition coefficient (Wildman–Crippen LogP) is 3.87. The number of amidine groups is 1. The summed E-state index contributed by atoms with van der Waals surface area (Å²) in [5.41, 5.74) is 13.2. The van der Waals surface area contributed by atoms with Gasteiger partial charge in [0, 0.05) is 11.1 Å². The van der Waals surface area contributed by atoms with Gasteiger partial charge in [-0.15, -0.1) is 0 Å². The predicted molar refractivity (Wildman–Crippen MR) is 137 cm³/mol.